The molecule has 1 aliphatic carbocycles. The first-order valence-corrected chi connectivity index (χ1v) is 11.8. The molecule has 1 aromatic carbocycles. The van der Waals surface area contributed by atoms with Gasteiger partial charge in [0.25, 0.3) is 5.91 Å². The molecule has 0 unspecified atom stereocenters. The van der Waals surface area contributed by atoms with E-state index < -0.39 is 23.1 Å². The van der Waals surface area contributed by atoms with Crippen LogP contribution in [0, 0.1) is 5.82 Å². The van der Waals surface area contributed by atoms with E-state index in [2.05, 4.69) is 10.6 Å². The molecule has 0 spiro atoms. The lowest BCUT2D eigenvalue weighted by molar-refractivity contribution is -0.137. The van der Waals surface area contributed by atoms with Crippen LogP contribution in [0.1, 0.15) is 61.3 Å². The lowest BCUT2D eigenvalue weighted by Gasteiger charge is -2.30. The first-order valence-electron chi connectivity index (χ1n) is 11.8. The highest BCUT2D eigenvalue weighted by Gasteiger charge is 2.28. The van der Waals surface area contributed by atoms with Crippen molar-refractivity contribution in [3.05, 3.63) is 39.9 Å². The Balaban J connectivity index is 1.52. The monoisotopic (exact) mass is 458 g/mol. The number of unbranched alkanes of at least 4 members (excludes halogenated alkanes) is 3. The number of carboxylic acids is 1. The minimum atomic E-state index is -0.803. The van der Waals surface area contributed by atoms with Crippen molar-refractivity contribution >= 4 is 28.5 Å². The van der Waals surface area contributed by atoms with Crippen molar-refractivity contribution in [1.29, 1.82) is 0 Å². The molecule has 33 heavy (non-hydrogen) atoms. The van der Waals surface area contributed by atoms with E-state index in [1.54, 1.807) is 12.3 Å². The molecule has 0 atom stereocenters. The number of fused-ring (bicyclic) bond motifs is 1. The summed E-state index contributed by atoms with van der Waals surface area (Å²) in [6.07, 6.45) is 6.62. The van der Waals surface area contributed by atoms with E-state index in [1.807, 2.05) is 9.47 Å². The third kappa shape index (κ3) is 5.52. The minimum absolute atomic E-state index is 0.0367. The van der Waals surface area contributed by atoms with E-state index >= 15 is 4.39 Å². The third-order valence-electron chi connectivity index (χ3n) is 6.35. The molecule has 4 rings (SSSR count). The number of carboxylic acid groups (broad SMARTS) is 1. The van der Waals surface area contributed by atoms with Gasteiger partial charge in [-0.25, -0.2) is 4.39 Å². The summed E-state index contributed by atoms with van der Waals surface area (Å²) in [4.78, 5) is 38.4. The van der Waals surface area contributed by atoms with Gasteiger partial charge in [0, 0.05) is 56.8 Å². The number of pyridine rings is 1. The summed E-state index contributed by atoms with van der Waals surface area (Å²) in [5.41, 5.74) is 0.756. The minimum Gasteiger partial charge on any atom is -0.481 e. The molecule has 0 bridgehead atoms. The summed E-state index contributed by atoms with van der Waals surface area (Å²) in [5, 5.41) is 14.9. The predicted molar refractivity (Wildman–Crippen MR) is 125 cm³/mol. The van der Waals surface area contributed by atoms with Crippen LogP contribution in [0.5, 0.6) is 0 Å². The highest BCUT2D eigenvalue weighted by Crippen LogP contribution is 2.38. The highest BCUT2D eigenvalue weighted by molar-refractivity contribution is 5.98. The molecular weight excluding hydrogens is 427 g/mol. The zero-order valence-electron chi connectivity index (χ0n) is 18.7. The Hall–Kier alpha value is -2.94. The van der Waals surface area contributed by atoms with Gasteiger partial charge in [-0.3, -0.25) is 14.4 Å². The van der Waals surface area contributed by atoms with Crippen LogP contribution in [-0.2, 0) is 4.79 Å². The summed E-state index contributed by atoms with van der Waals surface area (Å²) >= 11 is 0. The van der Waals surface area contributed by atoms with Crippen LogP contribution in [0.15, 0.2) is 23.1 Å². The fourth-order valence-electron chi connectivity index (χ4n) is 4.38. The van der Waals surface area contributed by atoms with Crippen LogP contribution in [-0.4, -0.2) is 54.3 Å². The van der Waals surface area contributed by atoms with Crippen LogP contribution in [0.2, 0.25) is 0 Å². The van der Waals surface area contributed by atoms with Crippen LogP contribution in [0.3, 0.4) is 0 Å². The van der Waals surface area contributed by atoms with Crippen LogP contribution in [0.25, 0.3) is 10.9 Å². The van der Waals surface area contributed by atoms with Gasteiger partial charge in [-0.1, -0.05) is 12.8 Å². The Labute approximate surface area is 191 Å². The Morgan fingerprint density at radius 2 is 1.85 bits per heavy atom. The number of aliphatic carboxylic acids is 1. The van der Waals surface area contributed by atoms with Gasteiger partial charge in [0.2, 0.25) is 5.43 Å². The maximum atomic E-state index is 15.0. The maximum absolute atomic E-state index is 15.0. The summed E-state index contributed by atoms with van der Waals surface area (Å²) in [6, 6.07) is 3.26. The number of rotatable bonds is 10. The number of nitrogens with zero attached hydrogens (tertiary/aromatic N) is 2. The van der Waals surface area contributed by atoms with Crippen LogP contribution in [0.4, 0.5) is 10.1 Å². The van der Waals surface area contributed by atoms with E-state index in [-0.39, 0.29) is 23.4 Å². The summed E-state index contributed by atoms with van der Waals surface area (Å²) in [6.45, 7) is 3.38. The molecule has 1 aliphatic heterocycles. The number of carbonyl (C=O) groups excluding carboxylic acids is 1. The Kier molecular flexibility index (Phi) is 7.27. The molecule has 8 nitrogen and oxygen atoms in total. The van der Waals surface area contributed by atoms with Crippen molar-refractivity contribution in [1.82, 2.24) is 15.2 Å². The van der Waals surface area contributed by atoms with E-state index in [0.717, 1.165) is 38.8 Å². The number of benzene rings is 1. The number of aromatic nitrogens is 1. The Bertz CT molecular complexity index is 1090. The van der Waals surface area contributed by atoms with Gasteiger partial charge < -0.3 is 25.2 Å². The molecule has 1 saturated heterocycles. The topological polar surface area (TPSA) is 104 Å². The Morgan fingerprint density at radius 1 is 1.12 bits per heavy atom. The highest BCUT2D eigenvalue weighted by atomic mass is 19.1. The van der Waals surface area contributed by atoms with Gasteiger partial charge >= 0.3 is 5.97 Å². The molecule has 2 heterocycles. The Morgan fingerprint density at radius 3 is 2.55 bits per heavy atom. The molecule has 1 aromatic heterocycles. The second-order valence-corrected chi connectivity index (χ2v) is 8.88. The van der Waals surface area contributed by atoms with Gasteiger partial charge in [0.1, 0.15) is 11.4 Å². The molecule has 2 fully saturated rings. The van der Waals surface area contributed by atoms with Crippen molar-refractivity contribution in [2.24, 2.45) is 0 Å². The second kappa shape index (κ2) is 10.3. The summed E-state index contributed by atoms with van der Waals surface area (Å²) in [7, 11) is 0. The number of anilines is 1. The molecular formula is C24H31FN4O4. The number of nitrogens with one attached hydrogen (secondary N) is 2. The number of hydrogen-bond donors (Lipinski definition) is 3. The third-order valence-corrected chi connectivity index (χ3v) is 6.35. The predicted octanol–water partition coefficient (Wildman–Crippen LogP) is 2.65. The van der Waals surface area contributed by atoms with Gasteiger partial charge in [-0.05, 0) is 37.8 Å². The van der Waals surface area contributed by atoms with Crippen molar-refractivity contribution in [3.8, 4) is 0 Å². The lowest BCUT2D eigenvalue weighted by Crippen LogP contribution is -2.44. The normalized spacial score (nSPS) is 16.2. The summed E-state index contributed by atoms with van der Waals surface area (Å²) in [5.74, 6) is -1.70. The average molecular weight is 459 g/mol. The number of carbonyl (C=O) groups is 2. The zero-order chi connectivity index (χ0) is 23.4. The van der Waals surface area contributed by atoms with Gasteiger partial charge in [-0.15, -0.1) is 0 Å². The molecule has 2 aliphatic rings. The van der Waals surface area contributed by atoms with Crippen molar-refractivity contribution in [3.63, 3.8) is 0 Å². The van der Waals surface area contributed by atoms with Crippen LogP contribution >= 0.6 is 0 Å². The van der Waals surface area contributed by atoms with Crippen molar-refractivity contribution in [2.75, 3.05) is 37.6 Å². The van der Waals surface area contributed by atoms with E-state index in [1.165, 1.54) is 6.07 Å². The van der Waals surface area contributed by atoms with E-state index in [4.69, 9.17) is 5.11 Å². The standard InChI is InChI=1S/C24H31FN4O4/c25-19-13-17-20(14-21(19)28-11-9-26-10-12-28)29(16-6-7-16)15-18(23(17)32)24(33)27-8-4-2-1-3-5-22(30)31/h13-16,26H,1-12H2,(H,27,33)(H,30,31). The molecule has 3 N–H and O–H groups in total. The number of halogens is 1. The van der Waals surface area contributed by atoms with Crippen molar-refractivity contribution in [2.45, 2.75) is 51.0 Å². The number of amides is 1. The molecule has 1 saturated carbocycles. The van der Waals surface area contributed by atoms with Gasteiger partial charge in [0.05, 0.1) is 11.2 Å². The molecule has 2 aromatic rings. The molecule has 0 radical (unpaired) electrons. The largest absolute Gasteiger partial charge is 0.481 e. The van der Waals surface area contributed by atoms with Gasteiger partial charge in [-0.2, -0.15) is 0 Å². The quantitative estimate of drug-likeness (QED) is 0.473. The fraction of sp³-hybridized carbons (Fsp3) is 0.542. The molecule has 178 valence electrons. The fourth-order valence-corrected chi connectivity index (χ4v) is 4.38. The molecule has 1 amide bonds. The first kappa shape index (κ1) is 23.2. The average Bonchev–Trinajstić information content (AvgIpc) is 3.64. The number of piperazine rings is 1. The van der Waals surface area contributed by atoms with Gasteiger partial charge in [0.15, 0.2) is 0 Å². The maximum Gasteiger partial charge on any atom is 0.303 e. The molecule has 9 heteroatoms. The second-order valence-electron chi connectivity index (χ2n) is 8.88. The SMILES string of the molecule is O=C(O)CCCCCCNC(=O)c1cn(C2CC2)c2cc(N3CCNCC3)c(F)cc2c1=O. The summed E-state index contributed by atoms with van der Waals surface area (Å²) < 4.78 is 17.0. The van der Waals surface area contributed by atoms with Crippen molar-refractivity contribution < 1.29 is 19.1 Å². The number of hydrogen-bond acceptors (Lipinski definition) is 5. The van der Waals surface area contributed by atoms with Crippen LogP contribution < -0.4 is 21.0 Å². The first-order chi connectivity index (χ1) is 16.0. The lowest BCUT2D eigenvalue weighted by atomic mass is 10.1. The smallest absolute Gasteiger partial charge is 0.303 e. The van der Waals surface area contributed by atoms with E-state index in [0.29, 0.717) is 43.7 Å². The van der Waals surface area contributed by atoms with E-state index in [9.17, 15) is 14.4 Å². The zero-order valence-corrected chi connectivity index (χ0v) is 18.7.